The van der Waals surface area contributed by atoms with Crippen molar-refractivity contribution in [2.24, 2.45) is 14.1 Å². The van der Waals surface area contributed by atoms with E-state index in [4.69, 9.17) is 0 Å². The molecule has 0 bridgehead atoms. The molecule has 4 rings (SSSR count). The number of amides is 1. The number of fused-ring (bicyclic) bond motifs is 2. The minimum atomic E-state index is -0.619. The van der Waals surface area contributed by atoms with Gasteiger partial charge in [-0.2, -0.15) is 0 Å². The lowest BCUT2D eigenvalue weighted by Gasteiger charge is -2.31. The molecule has 0 unspecified atom stereocenters. The average Bonchev–Trinajstić information content (AvgIpc) is 3.14. The second-order valence-electron chi connectivity index (χ2n) is 6.93. The van der Waals surface area contributed by atoms with Crippen molar-refractivity contribution in [2.45, 2.75) is 25.8 Å². The third kappa shape index (κ3) is 2.51. The molecule has 3 heterocycles. The molecule has 0 spiro atoms. The summed E-state index contributed by atoms with van der Waals surface area (Å²) < 4.78 is 3.92. The standard InChI is InChI=1S/C19H21N5O3/c1-12(17(25)23-10-6-8-13-7-4-5-9-14(13)23)24-11-20-16-15(24)18(26)22(3)19(27)21(16)2/h4-5,7,9,11-12H,6,8,10H2,1-3H3/t12-/m1/s1. The molecule has 0 saturated heterocycles. The summed E-state index contributed by atoms with van der Waals surface area (Å²) >= 11 is 0. The van der Waals surface area contributed by atoms with Crippen molar-refractivity contribution in [3.05, 3.63) is 57.0 Å². The lowest BCUT2D eigenvalue weighted by Crippen LogP contribution is -2.41. The molecular weight excluding hydrogens is 346 g/mol. The van der Waals surface area contributed by atoms with E-state index in [0.717, 1.165) is 28.7 Å². The Kier molecular flexibility index (Phi) is 3.98. The number of aryl methyl sites for hydroxylation is 2. The van der Waals surface area contributed by atoms with E-state index in [9.17, 15) is 14.4 Å². The van der Waals surface area contributed by atoms with Crippen molar-refractivity contribution in [3.8, 4) is 0 Å². The van der Waals surface area contributed by atoms with E-state index in [-0.39, 0.29) is 17.1 Å². The Bertz CT molecular complexity index is 1170. The summed E-state index contributed by atoms with van der Waals surface area (Å²) in [5.41, 5.74) is 1.71. The number of nitrogens with zero attached hydrogens (tertiary/aromatic N) is 5. The van der Waals surface area contributed by atoms with Gasteiger partial charge in [0.2, 0.25) is 5.91 Å². The highest BCUT2D eigenvalue weighted by atomic mass is 16.2. The molecule has 1 amide bonds. The predicted octanol–water partition coefficient (Wildman–Crippen LogP) is 0.974. The van der Waals surface area contributed by atoms with Crippen molar-refractivity contribution in [1.29, 1.82) is 0 Å². The number of rotatable bonds is 2. The molecule has 140 valence electrons. The van der Waals surface area contributed by atoms with Gasteiger partial charge in [-0.25, -0.2) is 9.78 Å². The number of para-hydroxylation sites is 1. The molecule has 8 heteroatoms. The first-order valence-electron chi connectivity index (χ1n) is 8.93. The lowest BCUT2D eigenvalue weighted by atomic mass is 10.0. The Morgan fingerprint density at radius 2 is 1.89 bits per heavy atom. The molecule has 1 atom stereocenters. The van der Waals surface area contributed by atoms with Gasteiger partial charge >= 0.3 is 5.69 Å². The van der Waals surface area contributed by atoms with Gasteiger partial charge in [0, 0.05) is 26.3 Å². The molecular formula is C19H21N5O3. The van der Waals surface area contributed by atoms with Crippen LogP contribution < -0.4 is 16.1 Å². The van der Waals surface area contributed by atoms with Crippen LogP contribution in [0.5, 0.6) is 0 Å². The number of hydrogen-bond donors (Lipinski definition) is 0. The van der Waals surface area contributed by atoms with E-state index < -0.39 is 17.3 Å². The molecule has 27 heavy (non-hydrogen) atoms. The highest BCUT2D eigenvalue weighted by molar-refractivity contribution is 5.97. The van der Waals surface area contributed by atoms with E-state index >= 15 is 0 Å². The summed E-state index contributed by atoms with van der Waals surface area (Å²) in [5, 5.41) is 0. The van der Waals surface area contributed by atoms with Crippen LogP contribution in [-0.4, -0.2) is 31.1 Å². The molecule has 2 aromatic heterocycles. The Morgan fingerprint density at radius 3 is 2.67 bits per heavy atom. The van der Waals surface area contributed by atoms with Gasteiger partial charge in [-0.05, 0) is 31.4 Å². The fraction of sp³-hybridized carbons (Fsp3) is 0.368. The number of benzene rings is 1. The Hall–Kier alpha value is -3.16. The first-order valence-corrected chi connectivity index (χ1v) is 8.93. The number of hydrogen-bond acceptors (Lipinski definition) is 4. The van der Waals surface area contributed by atoms with Gasteiger partial charge in [0.25, 0.3) is 5.56 Å². The van der Waals surface area contributed by atoms with Crippen LogP contribution in [0, 0.1) is 0 Å². The summed E-state index contributed by atoms with van der Waals surface area (Å²) in [4.78, 5) is 44.0. The Labute approximate surface area is 155 Å². The zero-order valence-electron chi connectivity index (χ0n) is 15.5. The fourth-order valence-electron chi connectivity index (χ4n) is 3.76. The number of carbonyl (C=O) groups is 1. The van der Waals surface area contributed by atoms with Crippen molar-refractivity contribution in [2.75, 3.05) is 11.4 Å². The summed E-state index contributed by atoms with van der Waals surface area (Å²) in [5.74, 6) is -0.0997. The van der Waals surface area contributed by atoms with Crippen LogP contribution in [0.3, 0.4) is 0 Å². The molecule has 0 N–H and O–H groups in total. The minimum Gasteiger partial charge on any atom is -0.312 e. The zero-order valence-corrected chi connectivity index (χ0v) is 15.5. The van der Waals surface area contributed by atoms with Gasteiger partial charge < -0.3 is 9.47 Å². The SMILES string of the molecule is C[C@H](C(=O)N1CCCc2ccccc21)n1cnc2c1c(=O)n(C)c(=O)n2C. The molecule has 0 radical (unpaired) electrons. The quantitative estimate of drug-likeness (QED) is 0.676. The van der Waals surface area contributed by atoms with Crippen LogP contribution in [-0.2, 0) is 25.3 Å². The maximum atomic E-state index is 13.3. The summed E-state index contributed by atoms with van der Waals surface area (Å²) in [6, 6.07) is 7.27. The maximum absolute atomic E-state index is 13.3. The first-order chi connectivity index (χ1) is 12.9. The van der Waals surface area contributed by atoms with Gasteiger partial charge in [-0.1, -0.05) is 18.2 Å². The van der Waals surface area contributed by atoms with E-state index in [1.165, 1.54) is 17.9 Å². The second-order valence-corrected chi connectivity index (χ2v) is 6.93. The predicted molar refractivity (Wildman–Crippen MR) is 102 cm³/mol. The van der Waals surface area contributed by atoms with Crippen molar-refractivity contribution >= 4 is 22.8 Å². The fourth-order valence-corrected chi connectivity index (χ4v) is 3.76. The smallest absolute Gasteiger partial charge is 0.312 e. The number of anilines is 1. The van der Waals surface area contributed by atoms with Crippen LogP contribution >= 0.6 is 0 Å². The third-order valence-electron chi connectivity index (χ3n) is 5.32. The molecule has 3 aromatic rings. The van der Waals surface area contributed by atoms with Gasteiger partial charge in [-0.3, -0.25) is 18.7 Å². The number of aromatic nitrogens is 4. The maximum Gasteiger partial charge on any atom is 0.332 e. The summed E-state index contributed by atoms with van der Waals surface area (Å²) in [6.07, 6.45) is 3.31. The average molecular weight is 367 g/mol. The highest BCUT2D eigenvalue weighted by Crippen LogP contribution is 2.29. The minimum absolute atomic E-state index is 0.0997. The number of imidazole rings is 1. The van der Waals surface area contributed by atoms with E-state index in [1.807, 2.05) is 24.3 Å². The van der Waals surface area contributed by atoms with Crippen LogP contribution in [0.15, 0.2) is 40.2 Å². The first kappa shape index (κ1) is 17.3. The third-order valence-corrected chi connectivity index (χ3v) is 5.32. The van der Waals surface area contributed by atoms with Crippen LogP contribution in [0.4, 0.5) is 5.69 Å². The topological polar surface area (TPSA) is 82.1 Å². The van der Waals surface area contributed by atoms with Gasteiger partial charge in [0.1, 0.15) is 6.04 Å². The lowest BCUT2D eigenvalue weighted by molar-refractivity contribution is -0.121. The summed E-state index contributed by atoms with van der Waals surface area (Å²) in [6.45, 7) is 2.40. The summed E-state index contributed by atoms with van der Waals surface area (Å²) in [7, 11) is 2.99. The Balaban J connectivity index is 1.81. The van der Waals surface area contributed by atoms with Crippen molar-refractivity contribution < 1.29 is 4.79 Å². The van der Waals surface area contributed by atoms with Crippen LogP contribution in [0.25, 0.3) is 11.2 Å². The van der Waals surface area contributed by atoms with Crippen LogP contribution in [0.2, 0.25) is 0 Å². The zero-order chi connectivity index (χ0) is 19.3. The van der Waals surface area contributed by atoms with E-state index in [1.54, 1.807) is 23.4 Å². The van der Waals surface area contributed by atoms with Crippen molar-refractivity contribution in [3.63, 3.8) is 0 Å². The molecule has 0 aliphatic carbocycles. The molecule has 1 aliphatic heterocycles. The normalized spacial score (nSPS) is 15.0. The van der Waals surface area contributed by atoms with Crippen molar-refractivity contribution in [1.82, 2.24) is 18.7 Å². The molecule has 1 aromatic carbocycles. The molecule has 0 saturated carbocycles. The Morgan fingerprint density at radius 1 is 1.15 bits per heavy atom. The number of carbonyl (C=O) groups excluding carboxylic acids is 1. The van der Waals surface area contributed by atoms with E-state index in [0.29, 0.717) is 6.54 Å². The monoisotopic (exact) mass is 367 g/mol. The van der Waals surface area contributed by atoms with E-state index in [2.05, 4.69) is 4.98 Å². The highest BCUT2D eigenvalue weighted by Gasteiger charge is 2.29. The molecule has 1 aliphatic rings. The van der Waals surface area contributed by atoms with Gasteiger partial charge in [-0.15, -0.1) is 0 Å². The molecule has 8 nitrogen and oxygen atoms in total. The second kappa shape index (κ2) is 6.22. The molecule has 0 fully saturated rings. The largest absolute Gasteiger partial charge is 0.332 e. The van der Waals surface area contributed by atoms with Crippen LogP contribution in [0.1, 0.15) is 24.9 Å². The van der Waals surface area contributed by atoms with Gasteiger partial charge in [0.15, 0.2) is 11.2 Å². The van der Waals surface area contributed by atoms with Gasteiger partial charge in [0.05, 0.1) is 6.33 Å².